The first-order valence-corrected chi connectivity index (χ1v) is 8.67. The summed E-state index contributed by atoms with van der Waals surface area (Å²) in [4.78, 5) is 14.9. The molecular formula is C19H22FN3O. The van der Waals surface area contributed by atoms with Gasteiger partial charge in [0, 0.05) is 18.7 Å². The van der Waals surface area contributed by atoms with E-state index >= 15 is 0 Å². The van der Waals surface area contributed by atoms with Crippen molar-refractivity contribution in [2.75, 3.05) is 6.54 Å². The van der Waals surface area contributed by atoms with Crippen LogP contribution < -0.4 is 0 Å². The molecule has 4 nitrogen and oxygen atoms in total. The van der Waals surface area contributed by atoms with E-state index in [1.807, 2.05) is 35.0 Å². The summed E-state index contributed by atoms with van der Waals surface area (Å²) in [6.07, 6.45) is 6.68. The second-order valence-corrected chi connectivity index (χ2v) is 7.04. The number of hydrogen-bond acceptors (Lipinski definition) is 2. The normalized spacial score (nSPS) is 25.9. The first kappa shape index (κ1) is 15.4. The lowest BCUT2D eigenvalue weighted by atomic mass is 10.1. The highest BCUT2D eigenvalue weighted by Gasteiger charge is 2.48. The zero-order valence-corrected chi connectivity index (χ0v) is 13.9. The SMILES string of the molecule is Cc1cnn(CC2CCCN2C(=O)C2CC2c2ccccc2F)c1. The summed E-state index contributed by atoms with van der Waals surface area (Å²) < 4.78 is 15.8. The van der Waals surface area contributed by atoms with Crippen molar-refractivity contribution < 1.29 is 9.18 Å². The van der Waals surface area contributed by atoms with Crippen LogP contribution in [-0.2, 0) is 11.3 Å². The minimum atomic E-state index is -0.192. The molecule has 1 saturated carbocycles. The van der Waals surface area contributed by atoms with E-state index < -0.39 is 0 Å². The van der Waals surface area contributed by atoms with E-state index in [9.17, 15) is 9.18 Å². The van der Waals surface area contributed by atoms with Crippen molar-refractivity contribution in [3.63, 3.8) is 0 Å². The Kier molecular flexibility index (Phi) is 3.87. The largest absolute Gasteiger partial charge is 0.338 e. The van der Waals surface area contributed by atoms with Crippen molar-refractivity contribution in [1.29, 1.82) is 0 Å². The zero-order chi connectivity index (χ0) is 16.7. The van der Waals surface area contributed by atoms with Gasteiger partial charge in [0.1, 0.15) is 5.82 Å². The van der Waals surface area contributed by atoms with E-state index in [-0.39, 0.29) is 29.6 Å². The van der Waals surface area contributed by atoms with Crippen LogP contribution in [0, 0.1) is 18.7 Å². The smallest absolute Gasteiger partial charge is 0.226 e. The molecule has 2 fully saturated rings. The first-order chi connectivity index (χ1) is 11.6. The molecule has 3 unspecified atom stereocenters. The number of amides is 1. The molecule has 0 radical (unpaired) electrons. The monoisotopic (exact) mass is 327 g/mol. The Morgan fingerprint density at radius 2 is 2.21 bits per heavy atom. The summed E-state index contributed by atoms with van der Waals surface area (Å²) in [5, 5.41) is 4.34. The molecule has 1 aromatic carbocycles. The van der Waals surface area contributed by atoms with Gasteiger partial charge in [-0.1, -0.05) is 18.2 Å². The summed E-state index contributed by atoms with van der Waals surface area (Å²) in [5.41, 5.74) is 1.82. The average Bonchev–Trinajstić information content (AvgIpc) is 3.04. The predicted octanol–water partition coefficient (Wildman–Crippen LogP) is 3.13. The van der Waals surface area contributed by atoms with E-state index in [1.165, 1.54) is 6.07 Å². The van der Waals surface area contributed by atoms with Crippen LogP contribution in [0.1, 0.15) is 36.3 Å². The fourth-order valence-corrected chi connectivity index (χ4v) is 3.90. The van der Waals surface area contributed by atoms with E-state index in [0.29, 0.717) is 5.56 Å². The quantitative estimate of drug-likeness (QED) is 0.865. The van der Waals surface area contributed by atoms with Gasteiger partial charge in [-0.2, -0.15) is 5.10 Å². The maximum atomic E-state index is 13.9. The van der Waals surface area contributed by atoms with Gasteiger partial charge in [-0.05, 0) is 49.3 Å². The molecule has 1 aliphatic carbocycles. The fourth-order valence-electron chi connectivity index (χ4n) is 3.90. The number of aromatic nitrogens is 2. The maximum Gasteiger partial charge on any atom is 0.226 e. The van der Waals surface area contributed by atoms with Crippen molar-refractivity contribution in [2.45, 2.75) is 44.7 Å². The Balaban J connectivity index is 1.43. The third-order valence-corrected chi connectivity index (χ3v) is 5.23. The van der Waals surface area contributed by atoms with Crippen LogP contribution >= 0.6 is 0 Å². The highest BCUT2D eigenvalue weighted by molar-refractivity contribution is 5.83. The molecule has 2 aromatic rings. The van der Waals surface area contributed by atoms with Crippen molar-refractivity contribution in [3.8, 4) is 0 Å². The molecule has 3 atom stereocenters. The maximum absolute atomic E-state index is 13.9. The van der Waals surface area contributed by atoms with Gasteiger partial charge in [0.25, 0.3) is 0 Å². The standard InChI is InChI=1S/C19H22FN3O/c1-13-10-21-22(11-13)12-14-5-4-8-23(14)19(24)17-9-16(17)15-6-2-3-7-18(15)20/h2-3,6-7,10-11,14,16-17H,4-5,8-9,12H2,1H3. The number of nitrogens with zero attached hydrogens (tertiary/aromatic N) is 3. The molecule has 24 heavy (non-hydrogen) atoms. The van der Waals surface area contributed by atoms with Crippen LogP contribution in [0.3, 0.4) is 0 Å². The van der Waals surface area contributed by atoms with Crippen molar-refractivity contribution in [3.05, 3.63) is 53.6 Å². The van der Waals surface area contributed by atoms with Crippen molar-refractivity contribution in [2.24, 2.45) is 5.92 Å². The molecule has 1 amide bonds. The van der Waals surface area contributed by atoms with Gasteiger partial charge in [-0.3, -0.25) is 9.48 Å². The Morgan fingerprint density at radius 1 is 1.38 bits per heavy atom. The Morgan fingerprint density at radius 3 is 2.96 bits per heavy atom. The molecule has 2 aliphatic rings. The third kappa shape index (κ3) is 2.83. The Labute approximate surface area is 141 Å². The Hall–Kier alpha value is -2.17. The number of hydrogen-bond donors (Lipinski definition) is 0. The van der Waals surface area contributed by atoms with Crippen LogP contribution in [0.5, 0.6) is 0 Å². The average molecular weight is 327 g/mol. The second-order valence-electron chi connectivity index (χ2n) is 7.04. The van der Waals surface area contributed by atoms with Gasteiger partial charge in [-0.15, -0.1) is 0 Å². The molecule has 4 rings (SSSR count). The molecule has 5 heteroatoms. The predicted molar refractivity (Wildman–Crippen MR) is 88.9 cm³/mol. The molecule has 126 valence electrons. The van der Waals surface area contributed by atoms with Crippen LogP contribution in [0.15, 0.2) is 36.7 Å². The molecule has 0 bridgehead atoms. The first-order valence-electron chi connectivity index (χ1n) is 8.67. The topological polar surface area (TPSA) is 38.1 Å². The minimum absolute atomic E-state index is 0.0481. The molecule has 0 spiro atoms. The van der Waals surface area contributed by atoms with Gasteiger partial charge in [0.15, 0.2) is 0 Å². The second kappa shape index (κ2) is 6.04. The number of halogens is 1. The van der Waals surface area contributed by atoms with Gasteiger partial charge in [0.05, 0.1) is 18.8 Å². The molecule has 1 saturated heterocycles. The van der Waals surface area contributed by atoms with Crippen LogP contribution in [0.2, 0.25) is 0 Å². The highest BCUT2D eigenvalue weighted by atomic mass is 19.1. The number of carbonyl (C=O) groups excluding carboxylic acids is 1. The number of rotatable bonds is 4. The minimum Gasteiger partial charge on any atom is -0.338 e. The van der Waals surface area contributed by atoms with Crippen molar-refractivity contribution in [1.82, 2.24) is 14.7 Å². The third-order valence-electron chi connectivity index (χ3n) is 5.23. The molecule has 1 aliphatic heterocycles. The lowest BCUT2D eigenvalue weighted by Crippen LogP contribution is -2.39. The van der Waals surface area contributed by atoms with Crippen LogP contribution in [-0.4, -0.2) is 33.2 Å². The lowest BCUT2D eigenvalue weighted by Gasteiger charge is -2.25. The zero-order valence-electron chi connectivity index (χ0n) is 13.9. The Bertz CT molecular complexity index is 757. The van der Waals surface area contributed by atoms with E-state index in [4.69, 9.17) is 0 Å². The lowest BCUT2D eigenvalue weighted by molar-refractivity contribution is -0.133. The molecule has 0 N–H and O–H groups in total. The fraction of sp³-hybridized carbons (Fsp3) is 0.474. The number of likely N-dealkylation sites (tertiary alicyclic amines) is 1. The van der Waals surface area contributed by atoms with E-state index in [2.05, 4.69) is 5.10 Å². The summed E-state index contributed by atoms with van der Waals surface area (Å²) in [5.74, 6) is -0.00817. The van der Waals surface area contributed by atoms with E-state index in [1.54, 1.807) is 12.1 Å². The highest BCUT2D eigenvalue weighted by Crippen LogP contribution is 2.49. The van der Waals surface area contributed by atoms with Gasteiger partial charge >= 0.3 is 0 Å². The summed E-state index contributed by atoms with van der Waals surface area (Å²) in [6.45, 7) is 3.57. The van der Waals surface area contributed by atoms with Gasteiger partial charge in [-0.25, -0.2) is 4.39 Å². The number of aryl methyl sites for hydroxylation is 1. The summed E-state index contributed by atoms with van der Waals surface area (Å²) >= 11 is 0. The van der Waals surface area contributed by atoms with Gasteiger partial charge < -0.3 is 4.90 Å². The summed E-state index contributed by atoms with van der Waals surface area (Å²) in [7, 11) is 0. The van der Waals surface area contributed by atoms with Crippen LogP contribution in [0.4, 0.5) is 4.39 Å². The number of benzene rings is 1. The van der Waals surface area contributed by atoms with Crippen LogP contribution in [0.25, 0.3) is 0 Å². The van der Waals surface area contributed by atoms with Gasteiger partial charge in [0.2, 0.25) is 5.91 Å². The molecule has 2 heterocycles. The van der Waals surface area contributed by atoms with Crippen molar-refractivity contribution >= 4 is 5.91 Å². The van der Waals surface area contributed by atoms with E-state index in [0.717, 1.165) is 37.9 Å². The summed E-state index contributed by atoms with van der Waals surface area (Å²) in [6, 6.07) is 7.03. The number of carbonyl (C=O) groups is 1. The molecular weight excluding hydrogens is 305 g/mol. The molecule has 1 aromatic heterocycles.